The van der Waals surface area contributed by atoms with Gasteiger partial charge in [0.05, 0.1) is 16.7 Å². The summed E-state index contributed by atoms with van der Waals surface area (Å²) in [6.45, 7) is 2.63. The second-order valence-electron chi connectivity index (χ2n) is 8.33. The molecular formula is C28H26ClN3O3S. The minimum absolute atomic E-state index is 0.0373. The zero-order chi connectivity index (χ0) is 25.5. The molecule has 0 saturated carbocycles. The van der Waals surface area contributed by atoms with Gasteiger partial charge in [0.25, 0.3) is 11.5 Å². The summed E-state index contributed by atoms with van der Waals surface area (Å²) in [6, 6.07) is 20.8. The minimum atomic E-state index is -0.332. The van der Waals surface area contributed by atoms with Crippen molar-refractivity contribution in [2.75, 3.05) is 11.1 Å². The molecule has 1 heterocycles. The molecule has 6 nitrogen and oxygen atoms in total. The standard InChI is InChI=1S/C28H26ClN3O3S/c1-2-3-7-15-32-27(35)23-14-13-20(26(34)30-22-12-8-11-21(29)17-22)16-24(23)31-28(32)36-18-25(33)19-9-5-4-6-10-19/h4-6,8-14,16-17H,2-3,7,15,18H2,1H3,(H,30,34). The van der Waals surface area contributed by atoms with Crippen LogP contribution in [0.15, 0.2) is 82.7 Å². The molecule has 4 aromatic rings. The lowest BCUT2D eigenvalue weighted by molar-refractivity contribution is 0.101. The third kappa shape index (κ3) is 6.22. The molecule has 0 unspecified atom stereocenters. The van der Waals surface area contributed by atoms with Crippen molar-refractivity contribution in [1.29, 1.82) is 0 Å². The van der Waals surface area contributed by atoms with Crippen molar-refractivity contribution in [3.63, 3.8) is 0 Å². The highest BCUT2D eigenvalue weighted by molar-refractivity contribution is 7.99. The molecule has 1 amide bonds. The van der Waals surface area contributed by atoms with Crippen molar-refractivity contribution in [3.8, 4) is 0 Å². The number of carbonyl (C=O) groups excluding carboxylic acids is 2. The first-order valence-electron chi connectivity index (χ1n) is 11.8. The predicted molar refractivity (Wildman–Crippen MR) is 146 cm³/mol. The van der Waals surface area contributed by atoms with Gasteiger partial charge in [0, 0.05) is 28.4 Å². The van der Waals surface area contributed by atoms with Crippen LogP contribution in [0, 0.1) is 0 Å². The molecule has 184 valence electrons. The Balaban J connectivity index is 1.65. The number of thioether (sulfide) groups is 1. The van der Waals surface area contributed by atoms with Crippen LogP contribution in [0.25, 0.3) is 10.9 Å². The number of aromatic nitrogens is 2. The first kappa shape index (κ1) is 25.7. The van der Waals surface area contributed by atoms with E-state index in [2.05, 4.69) is 12.2 Å². The fraction of sp³-hybridized carbons (Fsp3) is 0.214. The van der Waals surface area contributed by atoms with Crippen LogP contribution in [-0.4, -0.2) is 27.0 Å². The van der Waals surface area contributed by atoms with E-state index in [1.54, 1.807) is 59.2 Å². The number of halogens is 1. The second kappa shape index (κ2) is 12.0. The SMILES string of the molecule is CCCCCn1c(SCC(=O)c2ccccc2)nc2cc(C(=O)Nc3cccc(Cl)c3)ccc2c1=O. The van der Waals surface area contributed by atoms with Gasteiger partial charge in [-0.1, -0.05) is 79.5 Å². The van der Waals surface area contributed by atoms with Gasteiger partial charge in [0.1, 0.15) is 0 Å². The van der Waals surface area contributed by atoms with Crippen LogP contribution in [0.3, 0.4) is 0 Å². The number of ketones is 1. The van der Waals surface area contributed by atoms with Gasteiger partial charge < -0.3 is 5.32 Å². The van der Waals surface area contributed by atoms with Crippen LogP contribution >= 0.6 is 23.4 Å². The van der Waals surface area contributed by atoms with Gasteiger partial charge in [-0.15, -0.1) is 0 Å². The summed E-state index contributed by atoms with van der Waals surface area (Å²) in [6.07, 6.45) is 2.85. The molecule has 0 aliphatic heterocycles. The number of carbonyl (C=O) groups is 2. The maximum absolute atomic E-state index is 13.4. The molecule has 0 spiro atoms. The van der Waals surface area contributed by atoms with E-state index in [0.717, 1.165) is 19.3 Å². The molecule has 8 heteroatoms. The molecule has 1 N–H and O–H groups in total. The lowest BCUT2D eigenvalue weighted by Gasteiger charge is -2.13. The molecule has 0 bridgehead atoms. The quantitative estimate of drug-likeness (QED) is 0.112. The van der Waals surface area contributed by atoms with Gasteiger partial charge >= 0.3 is 0 Å². The zero-order valence-corrected chi connectivity index (χ0v) is 21.4. The number of unbranched alkanes of at least 4 members (excludes halogenated alkanes) is 2. The predicted octanol–water partition coefficient (Wildman–Crippen LogP) is 6.47. The lowest BCUT2D eigenvalue weighted by atomic mass is 10.1. The smallest absolute Gasteiger partial charge is 0.262 e. The highest BCUT2D eigenvalue weighted by Gasteiger charge is 2.16. The molecule has 3 aromatic carbocycles. The van der Waals surface area contributed by atoms with Crippen LogP contribution in [0.4, 0.5) is 5.69 Å². The average molecular weight is 520 g/mol. The van der Waals surface area contributed by atoms with Gasteiger partial charge in [0.15, 0.2) is 10.9 Å². The van der Waals surface area contributed by atoms with Crippen molar-refractivity contribution in [1.82, 2.24) is 9.55 Å². The van der Waals surface area contributed by atoms with Crippen LogP contribution < -0.4 is 10.9 Å². The normalized spacial score (nSPS) is 10.9. The van der Waals surface area contributed by atoms with Crippen molar-refractivity contribution in [2.24, 2.45) is 0 Å². The third-order valence-corrected chi connectivity index (χ3v) is 6.89. The maximum Gasteiger partial charge on any atom is 0.262 e. The highest BCUT2D eigenvalue weighted by Crippen LogP contribution is 2.22. The Hall–Kier alpha value is -3.42. The van der Waals surface area contributed by atoms with Crippen molar-refractivity contribution >= 4 is 51.6 Å². The van der Waals surface area contributed by atoms with E-state index < -0.39 is 0 Å². The number of hydrogen-bond acceptors (Lipinski definition) is 5. The van der Waals surface area contributed by atoms with Gasteiger partial charge in [0.2, 0.25) is 0 Å². The molecule has 0 aliphatic carbocycles. The van der Waals surface area contributed by atoms with E-state index in [9.17, 15) is 14.4 Å². The Kier molecular flexibility index (Phi) is 8.57. The first-order valence-corrected chi connectivity index (χ1v) is 13.1. The molecule has 0 atom stereocenters. The zero-order valence-electron chi connectivity index (χ0n) is 19.9. The van der Waals surface area contributed by atoms with E-state index in [-0.39, 0.29) is 23.0 Å². The molecule has 0 fully saturated rings. The van der Waals surface area contributed by atoms with Crippen molar-refractivity contribution in [2.45, 2.75) is 37.9 Å². The van der Waals surface area contributed by atoms with E-state index in [0.29, 0.717) is 44.4 Å². The molecule has 0 saturated heterocycles. The number of anilines is 1. The number of nitrogens with one attached hydrogen (secondary N) is 1. The number of nitrogens with zero attached hydrogens (tertiary/aromatic N) is 2. The number of amides is 1. The molecule has 1 aromatic heterocycles. The summed E-state index contributed by atoms with van der Waals surface area (Å²) in [4.78, 5) is 43.6. The van der Waals surface area contributed by atoms with Crippen LogP contribution in [-0.2, 0) is 6.54 Å². The summed E-state index contributed by atoms with van der Waals surface area (Å²) in [5, 5.41) is 4.24. The van der Waals surface area contributed by atoms with Gasteiger partial charge in [-0.05, 0) is 42.8 Å². The van der Waals surface area contributed by atoms with E-state index in [1.807, 2.05) is 18.2 Å². The largest absolute Gasteiger partial charge is 0.322 e. The number of benzene rings is 3. The fourth-order valence-corrected chi connectivity index (χ4v) is 4.89. The minimum Gasteiger partial charge on any atom is -0.322 e. The number of hydrogen-bond donors (Lipinski definition) is 1. The summed E-state index contributed by atoms with van der Waals surface area (Å²) >= 11 is 7.26. The average Bonchev–Trinajstić information content (AvgIpc) is 2.89. The molecule has 4 rings (SSSR count). The summed E-state index contributed by atoms with van der Waals surface area (Å²) in [5.74, 6) is -0.212. The van der Waals surface area contributed by atoms with Gasteiger partial charge in [-0.2, -0.15) is 0 Å². The Labute approximate surface area is 218 Å². The highest BCUT2D eigenvalue weighted by atomic mass is 35.5. The second-order valence-corrected chi connectivity index (χ2v) is 9.71. The monoisotopic (exact) mass is 519 g/mol. The summed E-state index contributed by atoms with van der Waals surface area (Å²) < 4.78 is 1.65. The first-order chi connectivity index (χ1) is 17.5. The lowest BCUT2D eigenvalue weighted by Crippen LogP contribution is -2.24. The number of rotatable bonds is 10. The Bertz CT molecular complexity index is 1450. The van der Waals surface area contributed by atoms with Crippen molar-refractivity contribution in [3.05, 3.63) is 99.3 Å². The Morgan fingerprint density at radius 1 is 0.972 bits per heavy atom. The number of Topliss-reactive ketones (excluding diaryl/α,β-unsaturated/α-hetero) is 1. The molecule has 36 heavy (non-hydrogen) atoms. The van der Waals surface area contributed by atoms with E-state index in [4.69, 9.17) is 16.6 Å². The Morgan fingerprint density at radius 2 is 1.78 bits per heavy atom. The van der Waals surface area contributed by atoms with E-state index in [1.165, 1.54) is 11.8 Å². The molecular weight excluding hydrogens is 494 g/mol. The third-order valence-electron chi connectivity index (χ3n) is 5.68. The summed E-state index contributed by atoms with van der Waals surface area (Å²) in [7, 11) is 0. The van der Waals surface area contributed by atoms with Crippen molar-refractivity contribution < 1.29 is 9.59 Å². The summed E-state index contributed by atoms with van der Waals surface area (Å²) in [5.41, 5.74) is 1.80. The topological polar surface area (TPSA) is 81.1 Å². The Morgan fingerprint density at radius 3 is 2.53 bits per heavy atom. The maximum atomic E-state index is 13.4. The van der Waals surface area contributed by atoms with Crippen LogP contribution in [0.2, 0.25) is 5.02 Å². The molecule has 0 radical (unpaired) electrons. The number of fused-ring (bicyclic) bond motifs is 1. The fourth-order valence-electron chi connectivity index (χ4n) is 3.78. The van der Waals surface area contributed by atoms with Gasteiger partial charge in [-0.25, -0.2) is 4.98 Å². The molecule has 0 aliphatic rings. The van der Waals surface area contributed by atoms with Crippen LogP contribution in [0.5, 0.6) is 0 Å². The van der Waals surface area contributed by atoms with Gasteiger partial charge in [-0.3, -0.25) is 19.0 Å². The van der Waals surface area contributed by atoms with Crippen LogP contribution in [0.1, 0.15) is 46.9 Å². The van der Waals surface area contributed by atoms with E-state index >= 15 is 0 Å².